The van der Waals surface area contributed by atoms with E-state index in [1.54, 1.807) is 4.26 Å². The summed E-state index contributed by atoms with van der Waals surface area (Å²) < 4.78 is 1.54. The molecule has 0 aliphatic carbocycles. The van der Waals surface area contributed by atoms with Gasteiger partial charge in [-0.25, -0.2) is 0 Å². The molecule has 14 heavy (non-hydrogen) atoms. The molecular weight excluding hydrogens is 237 g/mol. The molecule has 0 aliphatic heterocycles. The van der Waals surface area contributed by atoms with Crippen LogP contribution in [0, 0.1) is 0 Å². The topological polar surface area (TPSA) is 12.0 Å². The Morgan fingerprint density at radius 2 is 2.14 bits per heavy atom. The summed E-state index contributed by atoms with van der Waals surface area (Å²) in [4.78, 5) is 2.42. The summed E-state index contributed by atoms with van der Waals surface area (Å²) in [5.41, 5.74) is 1.53. The minimum atomic E-state index is 0.569. The van der Waals surface area contributed by atoms with E-state index < -0.39 is 0 Å². The molecular formula is C12H15NSe. The van der Waals surface area contributed by atoms with Crippen LogP contribution in [0.3, 0.4) is 0 Å². The fraction of sp³-hybridized carbons (Fsp3) is 0.333. The van der Waals surface area contributed by atoms with Crippen molar-refractivity contribution in [1.82, 2.24) is 5.32 Å². The third-order valence-electron chi connectivity index (χ3n) is 2.58. The first-order chi connectivity index (χ1) is 6.81. The Hall–Kier alpha value is -0.561. The molecule has 0 radical (unpaired) electrons. The summed E-state index contributed by atoms with van der Waals surface area (Å²) in [6.45, 7) is 2.23. The molecule has 0 spiro atoms. The van der Waals surface area contributed by atoms with Gasteiger partial charge in [-0.05, 0) is 0 Å². The van der Waals surface area contributed by atoms with Gasteiger partial charge in [-0.1, -0.05) is 0 Å². The molecule has 74 valence electrons. The molecule has 1 N–H and O–H groups in total. The van der Waals surface area contributed by atoms with Crippen LogP contribution in [0.15, 0.2) is 29.2 Å². The molecule has 0 bridgehead atoms. The van der Waals surface area contributed by atoms with Gasteiger partial charge in [0.15, 0.2) is 0 Å². The van der Waals surface area contributed by atoms with Crippen LogP contribution in [0.1, 0.15) is 12.5 Å². The Balaban J connectivity index is 2.33. The van der Waals surface area contributed by atoms with E-state index in [1.165, 1.54) is 10.9 Å². The van der Waals surface area contributed by atoms with Crippen LogP contribution in [-0.4, -0.2) is 27.6 Å². The molecule has 1 nitrogen and oxygen atoms in total. The minimum absolute atomic E-state index is 0.569. The molecule has 0 amide bonds. The Morgan fingerprint density at radius 1 is 1.36 bits per heavy atom. The van der Waals surface area contributed by atoms with E-state index in [-0.39, 0.29) is 0 Å². The molecule has 1 aromatic heterocycles. The maximum atomic E-state index is 3.29. The van der Waals surface area contributed by atoms with Crippen LogP contribution in [0.4, 0.5) is 0 Å². The van der Waals surface area contributed by atoms with E-state index in [9.17, 15) is 0 Å². The van der Waals surface area contributed by atoms with Gasteiger partial charge in [0.2, 0.25) is 0 Å². The average molecular weight is 252 g/mol. The van der Waals surface area contributed by atoms with E-state index in [4.69, 9.17) is 0 Å². The molecule has 0 saturated heterocycles. The van der Waals surface area contributed by atoms with Crippen molar-refractivity contribution < 1.29 is 0 Å². The summed E-state index contributed by atoms with van der Waals surface area (Å²) >= 11 is 0.569. The van der Waals surface area contributed by atoms with Crippen molar-refractivity contribution in [2.24, 2.45) is 0 Å². The van der Waals surface area contributed by atoms with Gasteiger partial charge < -0.3 is 0 Å². The van der Waals surface area contributed by atoms with E-state index >= 15 is 0 Å². The molecule has 0 fully saturated rings. The first-order valence-electron chi connectivity index (χ1n) is 4.93. The Bertz CT molecular complexity index is 419. The Morgan fingerprint density at radius 3 is 2.93 bits per heavy atom. The fourth-order valence-corrected chi connectivity index (χ4v) is 3.67. The van der Waals surface area contributed by atoms with Crippen molar-refractivity contribution in [2.75, 3.05) is 7.05 Å². The predicted molar refractivity (Wildman–Crippen MR) is 63.1 cm³/mol. The van der Waals surface area contributed by atoms with Gasteiger partial charge in [0, 0.05) is 0 Å². The quantitative estimate of drug-likeness (QED) is 0.824. The van der Waals surface area contributed by atoms with Crippen molar-refractivity contribution in [1.29, 1.82) is 0 Å². The normalized spacial score (nSPS) is 13.3. The van der Waals surface area contributed by atoms with E-state index in [0.29, 0.717) is 20.5 Å². The van der Waals surface area contributed by atoms with E-state index in [2.05, 4.69) is 41.4 Å². The third-order valence-corrected chi connectivity index (χ3v) is 4.70. The summed E-state index contributed by atoms with van der Waals surface area (Å²) in [7, 11) is 2.03. The monoisotopic (exact) mass is 253 g/mol. The molecule has 2 aromatic rings. The molecule has 0 saturated carbocycles. The fourth-order valence-electron chi connectivity index (χ4n) is 1.62. The van der Waals surface area contributed by atoms with E-state index in [0.717, 1.165) is 6.42 Å². The average Bonchev–Trinajstić information content (AvgIpc) is 2.62. The maximum absolute atomic E-state index is 3.29. The second kappa shape index (κ2) is 4.31. The van der Waals surface area contributed by atoms with Crippen LogP contribution >= 0.6 is 0 Å². The number of likely N-dealkylation sites (N-methyl/N-ethyl adjacent to an activating group) is 1. The second-order valence-corrected chi connectivity index (χ2v) is 5.56. The summed E-state index contributed by atoms with van der Waals surface area (Å²) in [6, 6.07) is 9.35. The summed E-state index contributed by atoms with van der Waals surface area (Å²) in [6.07, 6.45) is 1.15. The molecule has 1 aromatic carbocycles. The molecule has 2 rings (SSSR count). The van der Waals surface area contributed by atoms with Gasteiger partial charge in [-0.3, -0.25) is 0 Å². The van der Waals surface area contributed by atoms with Crippen LogP contribution in [0.2, 0.25) is 0 Å². The van der Waals surface area contributed by atoms with Crippen LogP contribution < -0.4 is 5.32 Å². The van der Waals surface area contributed by atoms with Gasteiger partial charge >= 0.3 is 90.7 Å². The van der Waals surface area contributed by atoms with Gasteiger partial charge in [0.05, 0.1) is 0 Å². The number of benzene rings is 1. The number of hydrogen-bond acceptors (Lipinski definition) is 1. The van der Waals surface area contributed by atoms with Gasteiger partial charge in [-0.15, -0.1) is 0 Å². The van der Waals surface area contributed by atoms with Crippen molar-refractivity contribution in [3.8, 4) is 0 Å². The Kier molecular flexibility index (Phi) is 3.07. The van der Waals surface area contributed by atoms with Crippen molar-refractivity contribution in [3.05, 3.63) is 34.8 Å². The zero-order chi connectivity index (χ0) is 9.97. The molecule has 0 aliphatic rings. The predicted octanol–water partition coefficient (Wildman–Crippen LogP) is 2.05. The van der Waals surface area contributed by atoms with Crippen LogP contribution in [0.5, 0.6) is 0 Å². The molecule has 1 heterocycles. The first kappa shape index (κ1) is 9.97. The number of hydrogen-bond donors (Lipinski definition) is 1. The van der Waals surface area contributed by atoms with Crippen molar-refractivity contribution >= 4 is 24.1 Å². The van der Waals surface area contributed by atoms with Gasteiger partial charge in [0.25, 0.3) is 0 Å². The molecule has 0 unspecified atom stereocenters. The van der Waals surface area contributed by atoms with Crippen molar-refractivity contribution in [3.63, 3.8) is 0 Å². The van der Waals surface area contributed by atoms with Crippen LogP contribution in [-0.2, 0) is 6.42 Å². The number of fused-ring (bicyclic) bond motifs is 1. The molecule has 2 heteroatoms. The summed E-state index contributed by atoms with van der Waals surface area (Å²) in [5, 5.41) is 4.77. The zero-order valence-corrected chi connectivity index (χ0v) is 10.3. The standard InChI is InChI=1S/C12H15NSe/c1-9(13-2)7-10-8-14-12-6-4-3-5-11(10)12/h3-6,8-9,13H,7H2,1-2H3/t9-/m1/s1. The SMILES string of the molecule is CN[C@H](C)Cc1c[se]c2ccccc12. The van der Waals surface area contributed by atoms with Crippen LogP contribution in [0.25, 0.3) is 9.65 Å². The summed E-state index contributed by atoms with van der Waals surface area (Å²) in [5.74, 6) is 0. The second-order valence-electron chi connectivity index (χ2n) is 3.65. The van der Waals surface area contributed by atoms with Crippen molar-refractivity contribution in [2.45, 2.75) is 19.4 Å². The number of nitrogens with one attached hydrogen (secondary N) is 1. The third kappa shape index (κ3) is 1.93. The van der Waals surface area contributed by atoms with Gasteiger partial charge in [-0.2, -0.15) is 0 Å². The first-order valence-corrected chi connectivity index (χ1v) is 6.78. The number of rotatable bonds is 3. The Labute approximate surface area is 90.9 Å². The zero-order valence-electron chi connectivity index (χ0n) is 8.58. The molecule has 1 atom stereocenters. The van der Waals surface area contributed by atoms with Gasteiger partial charge in [0.1, 0.15) is 0 Å². The van der Waals surface area contributed by atoms with E-state index in [1.807, 2.05) is 7.05 Å².